The maximum absolute atomic E-state index is 12.1. The van der Waals surface area contributed by atoms with Gasteiger partial charge in [0.2, 0.25) is 0 Å². The van der Waals surface area contributed by atoms with Gasteiger partial charge in [-0.2, -0.15) is 0 Å². The molecule has 0 N–H and O–H groups in total. The van der Waals surface area contributed by atoms with Crippen LogP contribution < -0.4 is 4.89 Å². The maximum Gasteiger partial charge on any atom is 0.376 e. The first-order valence-corrected chi connectivity index (χ1v) is 14.6. The van der Waals surface area contributed by atoms with Gasteiger partial charge >= 0.3 is 8.03 Å². The van der Waals surface area contributed by atoms with Crippen LogP contribution in [0.4, 0.5) is 0 Å². The van der Waals surface area contributed by atoms with Crippen molar-refractivity contribution in [1.29, 1.82) is 0 Å². The molecule has 0 heterocycles. The number of quaternary nitrogens is 1. The lowest BCUT2D eigenvalue weighted by atomic mass is 9.99. The Labute approximate surface area is 196 Å². The van der Waals surface area contributed by atoms with Crippen molar-refractivity contribution in [1.82, 2.24) is 0 Å². The van der Waals surface area contributed by atoms with Crippen LogP contribution in [-0.4, -0.2) is 30.9 Å². The van der Waals surface area contributed by atoms with Crippen molar-refractivity contribution in [2.75, 3.05) is 21.1 Å². The average Bonchev–Trinajstić information content (AvgIpc) is 2.71. The molecule has 0 rings (SSSR count). The molecule has 0 bridgehead atoms. The SMILES string of the molecule is C/C=C\CCCCCCCCCCCCCCCCCC(CCC)([P+](=O)[O-])[N+](C)(C)C. The third-order valence-electron chi connectivity index (χ3n) is 6.92. The lowest BCUT2D eigenvalue weighted by molar-refractivity contribution is -0.910. The number of unbranched alkanes of at least 4 members (excludes halogenated alkanes) is 15. The number of hydrogen-bond donors (Lipinski definition) is 0. The summed E-state index contributed by atoms with van der Waals surface area (Å²) in [5, 5.41) is -0.587. The van der Waals surface area contributed by atoms with Gasteiger partial charge in [-0.25, -0.2) is 0 Å². The Hall–Kier alpha value is -0.240. The molecule has 4 heteroatoms. The first-order valence-electron chi connectivity index (χ1n) is 13.4. The lowest BCUT2D eigenvalue weighted by Crippen LogP contribution is -2.55. The Morgan fingerprint density at radius 3 is 1.42 bits per heavy atom. The second-order valence-electron chi connectivity index (χ2n) is 10.4. The summed E-state index contributed by atoms with van der Waals surface area (Å²) in [4.78, 5) is 12.1. The van der Waals surface area contributed by atoms with Gasteiger partial charge in [-0.05, 0) is 32.6 Å². The largest absolute Gasteiger partial charge is 0.590 e. The van der Waals surface area contributed by atoms with Gasteiger partial charge in [0, 0.05) is 12.8 Å². The summed E-state index contributed by atoms with van der Waals surface area (Å²) < 4.78 is 12.6. The number of allylic oxidation sites excluding steroid dienone is 2. The van der Waals surface area contributed by atoms with Crippen LogP contribution in [0.3, 0.4) is 0 Å². The van der Waals surface area contributed by atoms with Crippen LogP contribution >= 0.6 is 8.03 Å². The highest BCUT2D eigenvalue weighted by atomic mass is 31.1. The van der Waals surface area contributed by atoms with E-state index in [2.05, 4.69) is 26.0 Å². The predicted octanol–water partition coefficient (Wildman–Crippen LogP) is 8.50. The second kappa shape index (κ2) is 19.2. The molecule has 31 heavy (non-hydrogen) atoms. The number of rotatable bonds is 22. The molecule has 0 saturated carbocycles. The lowest BCUT2D eigenvalue weighted by Gasteiger charge is -2.39. The molecule has 2 atom stereocenters. The molecule has 0 radical (unpaired) electrons. The fourth-order valence-corrected chi connectivity index (χ4v) is 6.00. The predicted molar refractivity (Wildman–Crippen MR) is 137 cm³/mol. The Morgan fingerprint density at radius 1 is 0.710 bits per heavy atom. The van der Waals surface area contributed by atoms with Gasteiger partial charge in [0.05, 0.1) is 21.1 Å². The van der Waals surface area contributed by atoms with Gasteiger partial charge in [-0.3, -0.25) is 4.48 Å². The maximum atomic E-state index is 12.1. The molecule has 0 fully saturated rings. The van der Waals surface area contributed by atoms with Crippen LogP contribution in [-0.2, 0) is 4.57 Å². The van der Waals surface area contributed by atoms with Crippen molar-refractivity contribution in [3.05, 3.63) is 12.2 Å². The van der Waals surface area contributed by atoms with Crippen molar-refractivity contribution < 1.29 is 13.9 Å². The van der Waals surface area contributed by atoms with Crippen molar-refractivity contribution >= 4 is 8.03 Å². The Kier molecular flexibility index (Phi) is 19.1. The molecule has 0 saturated heterocycles. The van der Waals surface area contributed by atoms with Gasteiger partial charge in [0.1, 0.15) is 0 Å². The van der Waals surface area contributed by atoms with E-state index in [1.807, 2.05) is 21.1 Å². The van der Waals surface area contributed by atoms with Crippen molar-refractivity contribution in [3.8, 4) is 0 Å². The van der Waals surface area contributed by atoms with Gasteiger partial charge < -0.3 is 4.89 Å². The van der Waals surface area contributed by atoms with E-state index < -0.39 is 13.3 Å². The molecular formula is C27H55NO2P+. The molecule has 3 nitrogen and oxygen atoms in total. The summed E-state index contributed by atoms with van der Waals surface area (Å²) in [6, 6.07) is 0. The minimum Gasteiger partial charge on any atom is -0.590 e. The van der Waals surface area contributed by atoms with E-state index in [4.69, 9.17) is 0 Å². The molecule has 0 aliphatic heterocycles. The summed E-state index contributed by atoms with van der Waals surface area (Å²) in [6.45, 7) is 4.20. The van der Waals surface area contributed by atoms with E-state index in [0.29, 0.717) is 4.48 Å². The average molecular weight is 457 g/mol. The van der Waals surface area contributed by atoms with E-state index in [1.165, 1.54) is 96.3 Å². The van der Waals surface area contributed by atoms with Crippen LogP contribution in [0.25, 0.3) is 0 Å². The van der Waals surface area contributed by atoms with E-state index in [9.17, 15) is 9.46 Å². The first kappa shape index (κ1) is 30.8. The fraction of sp³-hybridized carbons (Fsp3) is 0.926. The summed E-state index contributed by atoms with van der Waals surface area (Å²) in [6.07, 6.45) is 28.3. The minimum absolute atomic E-state index is 0.524. The quantitative estimate of drug-likeness (QED) is 0.0709. The Bertz CT molecular complexity index is 459. The summed E-state index contributed by atoms with van der Waals surface area (Å²) >= 11 is 0. The molecule has 0 aliphatic carbocycles. The zero-order valence-corrected chi connectivity index (χ0v) is 22.7. The van der Waals surface area contributed by atoms with Crippen molar-refractivity contribution in [2.45, 2.75) is 141 Å². The van der Waals surface area contributed by atoms with Gasteiger partial charge in [-0.1, -0.05) is 107 Å². The van der Waals surface area contributed by atoms with E-state index in [0.717, 1.165) is 25.7 Å². The molecule has 184 valence electrons. The molecule has 2 unspecified atom stereocenters. The highest BCUT2D eigenvalue weighted by molar-refractivity contribution is 7.38. The third kappa shape index (κ3) is 14.5. The smallest absolute Gasteiger partial charge is 0.376 e. The second-order valence-corrected chi connectivity index (χ2v) is 11.8. The molecule has 0 amide bonds. The van der Waals surface area contributed by atoms with Crippen LogP contribution in [0.2, 0.25) is 0 Å². The van der Waals surface area contributed by atoms with Crippen LogP contribution in [0, 0.1) is 0 Å². The third-order valence-corrected chi connectivity index (χ3v) is 8.65. The zero-order chi connectivity index (χ0) is 23.4. The zero-order valence-electron chi connectivity index (χ0n) is 21.8. The molecule has 0 aromatic rings. The monoisotopic (exact) mass is 456 g/mol. The molecule has 0 aliphatic rings. The highest BCUT2D eigenvalue weighted by Crippen LogP contribution is 2.45. The molecule has 0 aromatic heterocycles. The Balaban J connectivity index is 3.60. The molecule has 0 aromatic carbocycles. The minimum atomic E-state index is -2.42. The first-order chi connectivity index (χ1) is 14.8. The summed E-state index contributed by atoms with van der Waals surface area (Å²) in [5.41, 5.74) is 0. The van der Waals surface area contributed by atoms with Crippen LogP contribution in [0.15, 0.2) is 12.2 Å². The van der Waals surface area contributed by atoms with Gasteiger partial charge in [0.25, 0.3) is 5.28 Å². The van der Waals surface area contributed by atoms with Crippen LogP contribution in [0.1, 0.15) is 136 Å². The molecule has 0 spiro atoms. The summed E-state index contributed by atoms with van der Waals surface area (Å²) in [5.74, 6) is 0. The number of hydrogen-bond acceptors (Lipinski definition) is 2. The van der Waals surface area contributed by atoms with E-state index in [1.54, 1.807) is 0 Å². The standard InChI is InChI=1S/C27H55NO2P/c1-6-8-9-10-11-12-13-14-15-16-17-18-19-20-21-22-23-24-26-27(25-7-2,31(29)30)28(3,4)5/h6,8H,7,9-26H2,1-5H3/q+1/b8-6-. The topological polar surface area (TPSA) is 40.1 Å². The van der Waals surface area contributed by atoms with E-state index in [-0.39, 0.29) is 0 Å². The normalized spacial score (nSPS) is 14.8. The Morgan fingerprint density at radius 2 is 1.10 bits per heavy atom. The van der Waals surface area contributed by atoms with Crippen molar-refractivity contribution in [3.63, 3.8) is 0 Å². The van der Waals surface area contributed by atoms with Crippen molar-refractivity contribution in [2.24, 2.45) is 0 Å². The van der Waals surface area contributed by atoms with Crippen LogP contribution in [0.5, 0.6) is 0 Å². The summed E-state index contributed by atoms with van der Waals surface area (Å²) in [7, 11) is 3.69. The fourth-order valence-electron chi connectivity index (χ4n) is 4.76. The highest BCUT2D eigenvalue weighted by Gasteiger charge is 2.53. The van der Waals surface area contributed by atoms with Gasteiger partial charge in [-0.15, -0.1) is 0 Å². The van der Waals surface area contributed by atoms with E-state index >= 15 is 0 Å². The molecular weight excluding hydrogens is 401 g/mol. The van der Waals surface area contributed by atoms with Gasteiger partial charge in [0.15, 0.2) is 0 Å². The number of nitrogens with zero attached hydrogens (tertiary/aromatic N) is 1.